The van der Waals surface area contributed by atoms with E-state index >= 15 is 0 Å². The minimum atomic E-state index is -0.950. The first-order valence-electron chi connectivity index (χ1n) is 14.5. The molecular formula is C34H52BN. The van der Waals surface area contributed by atoms with Crippen LogP contribution in [0.5, 0.6) is 0 Å². The summed E-state index contributed by atoms with van der Waals surface area (Å²) in [7, 11) is 8.50. The minimum absolute atomic E-state index is 0.950. The molecule has 3 aromatic rings. The Morgan fingerprint density at radius 1 is 0.444 bits per heavy atom. The van der Waals surface area contributed by atoms with Crippen LogP contribution in [0.25, 0.3) is 0 Å². The summed E-state index contributed by atoms with van der Waals surface area (Å²) >= 11 is 0. The number of hydrogen-bond donors (Lipinski definition) is 0. The van der Waals surface area contributed by atoms with Gasteiger partial charge in [-0.3, -0.25) is 0 Å². The third-order valence-corrected chi connectivity index (χ3v) is 7.10. The number of unbranched alkanes of at least 4 members (excludes halogenated alkanes) is 9. The van der Waals surface area contributed by atoms with Gasteiger partial charge in [0.2, 0.25) is 0 Å². The van der Waals surface area contributed by atoms with Crippen LogP contribution >= 0.6 is 0 Å². The zero-order valence-corrected chi connectivity index (χ0v) is 24.0. The van der Waals surface area contributed by atoms with Crippen molar-refractivity contribution in [1.29, 1.82) is 0 Å². The standard InChI is InChI=1S/C30H40B.C4H12N/c1-2-3-4-5-6-7-8-9-10-20-27-31(28-21-14-11-15-22-28,29-23-16-12-17-24-29)30-25-18-13-19-26-30;1-5(2,3)4/h11-19,21-26H,2-10,20,27H2,1H3;1-4H3/q-1;+1. The van der Waals surface area contributed by atoms with E-state index in [1.165, 1.54) is 86.9 Å². The molecule has 0 saturated carbocycles. The molecule has 0 aliphatic rings. The highest BCUT2D eigenvalue weighted by Crippen LogP contribution is 2.19. The SMILES string of the molecule is CCCCCCCCCCCC[B-](c1ccccc1)(c1ccccc1)c1ccccc1.C[N+](C)(C)C. The highest BCUT2D eigenvalue weighted by molar-refractivity contribution is 7.11. The molecule has 0 aliphatic heterocycles. The lowest BCUT2D eigenvalue weighted by molar-refractivity contribution is -0.849. The van der Waals surface area contributed by atoms with E-state index in [0.717, 1.165) is 4.48 Å². The van der Waals surface area contributed by atoms with E-state index in [1.54, 1.807) is 0 Å². The summed E-state index contributed by atoms with van der Waals surface area (Å²) in [4.78, 5) is 0. The Morgan fingerprint density at radius 3 is 1.03 bits per heavy atom. The Labute approximate surface area is 223 Å². The molecule has 36 heavy (non-hydrogen) atoms. The predicted octanol–water partition coefficient (Wildman–Crippen LogP) is 7.40. The van der Waals surface area contributed by atoms with Crippen molar-refractivity contribution in [3.63, 3.8) is 0 Å². The fourth-order valence-corrected chi connectivity index (χ4v) is 5.36. The van der Waals surface area contributed by atoms with Crippen molar-refractivity contribution in [2.75, 3.05) is 28.2 Å². The van der Waals surface area contributed by atoms with Crippen molar-refractivity contribution in [3.8, 4) is 0 Å². The second-order valence-corrected chi connectivity index (χ2v) is 11.9. The molecule has 0 aromatic heterocycles. The van der Waals surface area contributed by atoms with Gasteiger partial charge in [0.05, 0.1) is 34.3 Å². The first-order valence-corrected chi connectivity index (χ1v) is 14.5. The molecule has 3 aromatic carbocycles. The lowest BCUT2D eigenvalue weighted by atomic mass is 9.14. The smallest absolute Gasteiger partial charge is 0.0814 e. The molecule has 2 heteroatoms. The molecule has 3 rings (SSSR count). The highest BCUT2D eigenvalue weighted by Gasteiger charge is 2.29. The topological polar surface area (TPSA) is 0 Å². The lowest BCUT2D eigenvalue weighted by Gasteiger charge is -2.43. The van der Waals surface area contributed by atoms with Crippen LogP contribution in [0.4, 0.5) is 0 Å². The van der Waals surface area contributed by atoms with E-state index in [2.05, 4.69) is 126 Å². The molecule has 0 amide bonds. The quantitative estimate of drug-likeness (QED) is 0.127. The van der Waals surface area contributed by atoms with E-state index < -0.39 is 6.15 Å². The number of hydrogen-bond acceptors (Lipinski definition) is 0. The van der Waals surface area contributed by atoms with Crippen LogP contribution in [0, 0.1) is 0 Å². The molecule has 0 heterocycles. The van der Waals surface area contributed by atoms with E-state index in [1.807, 2.05) is 0 Å². The van der Waals surface area contributed by atoms with E-state index in [-0.39, 0.29) is 0 Å². The van der Waals surface area contributed by atoms with Gasteiger partial charge in [-0.1, -0.05) is 162 Å². The van der Waals surface area contributed by atoms with Gasteiger partial charge in [-0.15, -0.1) is 0 Å². The van der Waals surface area contributed by atoms with Gasteiger partial charge in [-0.25, -0.2) is 0 Å². The summed E-state index contributed by atoms with van der Waals surface area (Å²) in [5.41, 5.74) is 4.41. The summed E-state index contributed by atoms with van der Waals surface area (Å²) in [5, 5.41) is 0. The summed E-state index contributed by atoms with van der Waals surface area (Å²) in [5.74, 6) is 0. The fourth-order valence-electron chi connectivity index (χ4n) is 5.36. The van der Waals surface area contributed by atoms with Crippen molar-refractivity contribution < 1.29 is 4.48 Å². The second-order valence-electron chi connectivity index (χ2n) is 11.9. The molecule has 0 N–H and O–H groups in total. The Bertz CT molecular complexity index is 813. The van der Waals surface area contributed by atoms with Gasteiger partial charge in [0.15, 0.2) is 0 Å². The van der Waals surface area contributed by atoms with Crippen LogP contribution in [0.3, 0.4) is 0 Å². The van der Waals surface area contributed by atoms with Gasteiger partial charge in [0.25, 0.3) is 0 Å². The maximum atomic E-state index is 2.34. The Morgan fingerprint density at radius 2 is 0.722 bits per heavy atom. The van der Waals surface area contributed by atoms with Crippen LogP contribution in [0.2, 0.25) is 6.32 Å². The molecule has 0 saturated heterocycles. The summed E-state index contributed by atoms with van der Waals surface area (Å²) in [6, 6.07) is 33.7. The molecule has 0 atom stereocenters. The molecule has 0 spiro atoms. The molecule has 0 bridgehead atoms. The fraction of sp³-hybridized carbons (Fsp3) is 0.471. The van der Waals surface area contributed by atoms with Crippen LogP contribution in [0.1, 0.15) is 71.1 Å². The zero-order chi connectivity index (χ0) is 26.1. The number of rotatable bonds is 14. The monoisotopic (exact) mass is 485 g/mol. The van der Waals surface area contributed by atoms with Crippen molar-refractivity contribution in [1.82, 2.24) is 0 Å². The van der Waals surface area contributed by atoms with E-state index in [0.29, 0.717) is 0 Å². The Balaban J connectivity index is 0.000000830. The van der Waals surface area contributed by atoms with Gasteiger partial charge in [0.1, 0.15) is 0 Å². The maximum absolute atomic E-state index is 2.34. The molecule has 0 radical (unpaired) electrons. The largest absolute Gasteiger partial charge is 0.333 e. The minimum Gasteiger partial charge on any atom is -0.333 e. The van der Waals surface area contributed by atoms with Crippen molar-refractivity contribution in [2.45, 2.75) is 77.5 Å². The van der Waals surface area contributed by atoms with Gasteiger partial charge >= 0.3 is 0 Å². The first kappa shape index (κ1) is 29.9. The summed E-state index contributed by atoms with van der Waals surface area (Å²) in [6.45, 7) is 2.29. The highest BCUT2D eigenvalue weighted by atomic mass is 15.2. The number of nitrogens with zero attached hydrogens (tertiary/aromatic N) is 1. The normalized spacial score (nSPS) is 11.6. The number of quaternary nitrogens is 1. The first-order chi connectivity index (χ1) is 17.4. The van der Waals surface area contributed by atoms with Crippen LogP contribution < -0.4 is 16.4 Å². The summed E-state index contributed by atoms with van der Waals surface area (Å²) in [6.07, 6.45) is 14.1. The predicted molar refractivity (Wildman–Crippen MR) is 165 cm³/mol. The van der Waals surface area contributed by atoms with Crippen LogP contribution in [0.15, 0.2) is 91.0 Å². The lowest BCUT2D eigenvalue weighted by Crippen LogP contribution is -2.66. The molecule has 0 aliphatic carbocycles. The summed E-state index contributed by atoms with van der Waals surface area (Å²) < 4.78 is 1.00. The second kappa shape index (κ2) is 16.4. The third-order valence-electron chi connectivity index (χ3n) is 7.10. The molecule has 1 nitrogen and oxygen atoms in total. The van der Waals surface area contributed by atoms with Gasteiger partial charge < -0.3 is 4.48 Å². The number of benzene rings is 3. The Hall–Kier alpha value is -2.32. The third kappa shape index (κ3) is 10.7. The van der Waals surface area contributed by atoms with E-state index in [4.69, 9.17) is 0 Å². The van der Waals surface area contributed by atoms with E-state index in [9.17, 15) is 0 Å². The zero-order valence-electron chi connectivity index (χ0n) is 24.0. The molecule has 0 unspecified atom stereocenters. The Kier molecular flexibility index (Phi) is 13.7. The van der Waals surface area contributed by atoms with Crippen molar-refractivity contribution >= 4 is 22.5 Å². The average molecular weight is 486 g/mol. The average Bonchev–Trinajstić information content (AvgIpc) is 2.88. The van der Waals surface area contributed by atoms with Crippen LogP contribution in [-0.4, -0.2) is 38.8 Å². The van der Waals surface area contributed by atoms with Crippen molar-refractivity contribution in [2.24, 2.45) is 0 Å². The molecular weight excluding hydrogens is 433 g/mol. The van der Waals surface area contributed by atoms with Gasteiger partial charge in [0, 0.05) is 0 Å². The van der Waals surface area contributed by atoms with Crippen molar-refractivity contribution in [3.05, 3.63) is 91.0 Å². The molecule has 0 fully saturated rings. The maximum Gasteiger partial charge on any atom is 0.0814 e. The van der Waals surface area contributed by atoms with Gasteiger partial charge in [-0.2, -0.15) is 22.7 Å². The van der Waals surface area contributed by atoms with Crippen LogP contribution in [-0.2, 0) is 0 Å². The van der Waals surface area contributed by atoms with Gasteiger partial charge in [-0.05, 0) is 0 Å². The molecule has 196 valence electrons.